The van der Waals surface area contributed by atoms with Gasteiger partial charge in [-0.25, -0.2) is 4.79 Å². The lowest BCUT2D eigenvalue weighted by Gasteiger charge is -2.27. The van der Waals surface area contributed by atoms with Crippen LogP contribution >= 0.6 is 0 Å². The number of carboxylic acids is 1. The number of carboxylic acid groups (broad SMARTS) is 1. The maximum atomic E-state index is 12.0. The Bertz CT molecular complexity index is 358. The van der Waals surface area contributed by atoms with Crippen LogP contribution in [0.5, 0.6) is 0 Å². The van der Waals surface area contributed by atoms with Crippen LogP contribution in [0.4, 0.5) is 4.79 Å². The molecule has 0 aromatic heterocycles. The van der Waals surface area contributed by atoms with Gasteiger partial charge in [-0.1, -0.05) is 6.92 Å². The van der Waals surface area contributed by atoms with E-state index in [1.54, 1.807) is 4.90 Å². The first kappa shape index (κ1) is 15.1. The summed E-state index contributed by atoms with van der Waals surface area (Å²) in [5, 5.41) is 11.9. The minimum atomic E-state index is -0.818. The summed E-state index contributed by atoms with van der Waals surface area (Å²) in [4.78, 5) is 26.8. The van der Waals surface area contributed by atoms with Gasteiger partial charge in [0.05, 0.1) is 19.1 Å². The third-order valence-electron chi connectivity index (χ3n) is 4.02. The molecule has 0 radical (unpaired) electrons. The quantitative estimate of drug-likeness (QED) is 0.740. The van der Waals surface area contributed by atoms with E-state index in [4.69, 9.17) is 9.84 Å². The van der Waals surface area contributed by atoms with Crippen molar-refractivity contribution in [3.8, 4) is 0 Å². The van der Waals surface area contributed by atoms with E-state index >= 15 is 0 Å². The van der Waals surface area contributed by atoms with E-state index in [1.807, 2.05) is 6.92 Å². The molecule has 0 aliphatic carbocycles. The Labute approximate surface area is 118 Å². The summed E-state index contributed by atoms with van der Waals surface area (Å²) in [5.74, 6) is -1.25. The monoisotopic (exact) mass is 285 g/mol. The zero-order chi connectivity index (χ0) is 14.5. The van der Waals surface area contributed by atoms with Crippen LogP contribution in [0.1, 0.15) is 6.92 Å². The maximum absolute atomic E-state index is 12.0. The molecule has 2 aliphatic heterocycles. The molecule has 2 atom stereocenters. The van der Waals surface area contributed by atoms with Gasteiger partial charge in [0.1, 0.15) is 0 Å². The third kappa shape index (κ3) is 3.83. The summed E-state index contributed by atoms with van der Waals surface area (Å²) in [7, 11) is 0. The van der Waals surface area contributed by atoms with Crippen molar-refractivity contribution < 1.29 is 19.4 Å². The summed E-state index contributed by atoms with van der Waals surface area (Å²) in [6.07, 6.45) is 0. The molecular weight excluding hydrogens is 262 g/mol. The number of rotatable bonds is 4. The van der Waals surface area contributed by atoms with Crippen LogP contribution in [0.25, 0.3) is 0 Å². The van der Waals surface area contributed by atoms with E-state index in [9.17, 15) is 9.59 Å². The van der Waals surface area contributed by atoms with Crippen molar-refractivity contribution in [2.75, 3.05) is 52.5 Å². The first-order valence-corrected chi connectivity index (χ1v) is 7.13. The van der Waals surface area contributed by atoms with Gasteiger partial charge in [-0.2, -0.15) is 0 Å². The Morgan fingerprint density at radius 2 is 2.00 bits per heavy atom. The van der Waals surface area contributed by atoms with E-state index in [0.29, 0.717) is 19.6 Å². The topological polar surface area (TPSA) is 82.1 Å². The minimum Gasteiger partial charge on any atom is -0.481 e. The molecule has 0 aromatic carbocycles. The molecule has 114 valence electrons. The average molecular weight is 285 g/mol. The summed E-state index contributed by atoms with van der Waals surface area (Å²) in [6.45, 7) is 7.38. The Morgan fingerprint density at radius 1 is 1.30 bits per heavy atom. The van der Waals surface area contributed by atoms with Crippen LogP contribution in [0.3, 0.4) is 0 Å². The predicted molar refractivity (Wildman–Crippen MR) is 72.5 cm³/mol. The Kier molecular flexibility index (Phi) is 5.19. The lowest BCUT2D eigenvalue weighted by atomic mass is 9.99. The van der Waals surface area contributed by atoms with E-state index in [0.717, 1.165) is 32.8 Å². The molecule has 2 heterocycles. The molecule has 2 amide bonds. The van der Waals surface area contributed by atoms with Gasteiger partial charge < -0.3 is 20.1 Å². The number of carbonyl (C=O) groups excluding carboxylic acids is 1. The number of nitrogens with one attached hydrogen (secondary N) is 1. The molecule has 0 spiro atoms. The van der Waals surface area contributed by atoms with E-state index in [2.05, 4.69) is 10.2 Å². The van der Waals surface area contributed by atoms with Gasteiger partial charge in [-0.15, -0.1) is 0 Å². The van der Waals surface area contributed by atoms with Crippen LogP contribution in [0.2, 0.25) is 0 Å². The minimum absolute atomic E-state index is 0.0116. The van der Waals surface area contributed by atoms with Gasteiger partial charge in [-0.3, -0.25) is 9.69 Å². The van der Waals surface area contributed by atoms with Crippen molar-refractivity contribution in [2.45, 2.75) is 6.92 Å². The lowest BCUT2D eigenvalue weighted by molar-refractivity contribution is -0.142. The molecule has 7 nitrogen and oxygen atoms in total. The molecule has 0 unspecified atom stereocenters. The van der Waals surface area contributed by atoms with Crippen molar-refractivity contribution in [1.29, 1.82) is 0 Å². The van der Waals surface area contributed by atoms with E-state index < -0.39 is 11.9 Å². The molecule has 2 N–H and O–H groups in total. The van der Waals surface area contributed by atoms with Crippen molar-refractivity contribution in [3.63, 3.8) is 0 Å². The van der Waals surface area contributed by atoms with Crippen molar-refractivity contribution in [2.24, 2.45) is 11.8 Å². The summed E-state index contributed by atoms with van der Waals surface area (Å²) < 4.78 is 5.26. The number of urea groups is 1. The van der Waals surface area contributed by atoms with E-state index in [-0.39, 0.29) is 11.9 Å². The highest BCUT2D eigenvalue weighted by atomic mass is 16.5. The predicted octanol–water partition coefficient (Wildman–Crippen LogP) is -0.319. The van der Waals surface area contributed by atoms with Gasteiger partial charge in [-0.05, 0) is 5.92 Å². The number of hydrogen-bond donors (Lipinski definition) is 2. The first-order chi connectivity index (χ1) is 9.58. The molecule has 0 aromatic rings. The van der Waals surface area contributed by atoms with Gasteiger partial charge in [0, 0.05) is 39.3 Å². The molecule has 2 fully saturated rings. The number of likely N-dealkylation sites (tertiary alicyclic amines) is 1. The normalized spacial score (nSPS) is 27.6. The Hall–Kier alpha value is -1.34. The van der Waals surface area contributed by atoms with Crippen molar-refractivity contribution in [1.82, 2.24) is 15.1 Å². The largest absolute Gasteiger partial charge is 0.481 e. The molecule has 2 aliphatic rings. The number of nitrogens with zero attached hydrogens (tertiary/aromatic N) is 2. The molecule has 0 bridgehead atoms. The fraction of sp³-hybridized carbons (Fsp3) is 0.846. The average Bonchev–Trinajstić information content (AvgIpc) is 2.82. The Morgan fingerprint density at radius 3 is 2.60 bits per heavy atom. The Balaban J connectivity index is 1.68. The number of carbonyl (C=O) groups is 2. The zero-order valence-corrected chi connectivity index (χ0v) is 11.9. The maximum Gasteiger partial charge on any atom is 0.317 e. The van der Waals surface area contributed by atoms with Crippen molar-refractivity contribution >= 4 is 12.0 Å². The highest BCUT2D eigenvalue weighted by molar-refractivity contribution is 5.77. The van der Waals surface area contributed by atoms with E-state index in [1.165, 1.54) is 0 Å². The summed E-state index contributed by atoms with van der Waals surface area (Å²) in [5.41, 5.74) is 0. The summed E-state index contributed by atoms with van der Waals surface area (Å²) in [6, 6.07) is -0.158. The number of hydrogen-bond acceptors (Lipinski definition) is 4. The highest BCUT2D eigenvalue weighted by Gasteiger charge is 2.36. The molecule has 20 heavy (non-hydrogen) atoms. The number of aliphatic carboxylic acids is 1. The van der Waals surface area contributed by atoms with Crippen molar-refractivity contribution in [3.05, 3.63) is 0 Å². The van der Waals surface area contributed by atoms with Crippen LogP contribution in [0, 0.1) is 11.8 Å². The fourth-order valence-corrected chi connectivity index (χ4v) is 2.71. The lowest BCUT2D eigenvalue weighted by Crippen LogP contribution is -2.44. The van der Waals surface area contributed by atoms with Crippen LogP contribution < -0.4 is 5.32 Å². The SMILES string of the molecule is C[C@@H]1CN(C(=O)NCCN2CCOCC2)C[C@H]1C(=O)O. The van der Waals surface area contributed by atoms with Gasteiger partial charge in [0.25, 0.3) is 0 Å². The second-order valence-corrected chi connectivity index (χ2v) is 5.51. The van der Waals surface area contributed by atoms with Gasteiger partial charge in [0.15, 0.2) is 0 Å². The standard InChI is InChI=1S/C13H23N3O4/c1-10-8-16(9-11(10)12(17)18)13(19)14-2-3-15-4-6-20-7-5-15/h10-11H,2-9H2,1H3,(H,14,19)(H,17,18)/t10-,11-/m1/s1. The molecular formula is C13H23N3O4. The van der Waals surface area contributed by atoms with Crippen LogP contribution in [0.15, 0.2) is 0 Å². The molecule has 2 saturated heterocycles. The second kappa shape index (κ2) is 6.90. The number of ether oxygens (including phenoxy) is 1. The van der Waals surface area contributed by atoms with Crippen LogP contribution in [-0.2, 0) is 9.53 Å². The number of amides is 2. The molecule has 7 heteroatoms. The highest BCUT2D eigenvalue weighted by Crippen LogP contribution is 2.22. The molecule has 2 rings (SSSR count). The van der Waals surface area contributed by atoms with Crippen LogP contribution in [-0.4, -0.2) is 79.4 Å². The summed E-state index contributed by atoms with van der Waals surface area (Å²) >= 11 is 0. The van der Waals surface area contributed by atoms with Gasteiger partial charge in [0.2, 0.25) is 0 Å². The first-order valence-electron chi connectivity index (χ1n) is 7.13. The smallest absolute Gasteiger partial charge is 0.317 e. The number of morpholine rings is 1. The third-order valence-corrected chi connectivity index (χ3v) is 4.02. The fourth-order valence-electron chi connectivity index (χ4n) is 2.71. The second-order valence-electron chi connectivity index (χ2n) is 5.51. The van der Waals surface area contributed by atoms with Gasteiger partial charge >= 0.3 is 12.0 Å². The molecule has 0 saturated carbocycles. The zero-order valence-electron chi connectivity index (χ0n) is 11.9.